The van der Waals surface area contributed by atoms with Crippen LogP contribution in [0.25, 0.3) is 11.6 Å². The molecule has 2 rings (SSSR count). The Kier molecular flexibility index (Phi) is 4.48. The van der Waals surface area contributed by atoms with Crippen LogP contribution >= 0.6 is 11.3 Å². The lowest BCUT2D eigenvalue weighted by atomic mass is 10.1. The molecule has 0 fully saturated rings. The Hall–Kier alpha value is -2.07. The van der Waals surface area contributed by atoms with Gasteiger partial charge in [0.1, 0.15) is 11.4 Å². The summed E-state index contributed by atoms with van der Waals surface area (Å²) < 4.78 is 5.75. The Labute approximate surface area is 128 Å². The molecule has 1 aromatic heterocycles. The summed E-state index contributed by atoms with van der Waals surface area (Å²) in [4.78, 5) is 12.1. The number of thiophene rings is 1. The second kappa shape index (κ2) is 6.14. The summed E-state index contributed by atoms with van der Waals surface area (Å²) in [5, 5.41) is 11.2. The summed E-state index contributed by atoms with van der Waals surface area (Å²) in [6, 6.07) is 11.1. The highest BCUT2D eigenvalue weighted by molar-refractivity contribution is 7.11. The van der Waals surface area contributed by atoms with Crippen molar-refractivity contribution in [2.75, 3.05) is 0 Å². The van der Waals surface area contributed by atoms with Crippen molar-refractivity contribution in [3.8, 4) is 5.75 Å². The van der Waals surface area contributed by atoms with Crippen LogP contribution in [0.3, 0.4) is 0 Å². The van der Waals surface area contributed by atoms with Crippen molar-refractivity contribution in [2.24, 2.45) is 0 Å². The molecule has 1 heterocycles. The first-order chi connectivity index (χ1) is 9.85. The molecule has 4 heteroatoms. The van der Waals surface area contributed by atoms with E-state index in [4.69, 9.17) is 4.74 Å². The monoisotopic (exact) mass is 302 g/mol. The first-order valence-corrected chi connectivity index (χ1v) is 7.51. The molecule has 1 N–H and O–H groups in total. The molecule has 0 bridgehead atoms. The molecule has 21 heavy (non-hydrogen) atoms. The molecule has 0 aliphatic carbocycles. The summed E-state index contributed by atoms with van der Waals surface area (Å²) in [5.41, 5.74) is 0.886. The molecule has 0 saturated heterocycles. The molecule has 0 saturated carbocycles. The maximum atomic E-state index is 11.4. The van der Waals surface area contributed by atoms with Crippen LogP contribution in [0, 0.1) is 0 Å². The minimum absolute atomic E-state index is 0.249. The van der Waals surface area contributed by atoms with Crippen LogP contribution in [-0.4, -0.2) is 16.7 Å². The highest BCUT2D eigenvalue weighted by atomic mass is 32.1. The van der Waals surface area contributed by atoms with Crippen LogP contribution in [-0.2, 0) is 4.79 Å². The maximum Gasteiger partial charge on any atom is 0.337 e. The normalized spacial score (nSPS) is 12.2. The molecule has 2 aromatic rings. The summed E-state index contributed by atoms with van der Waals surface area (Å²) in [5.74, 6) is -0.153. The predicted octanol–water partition coefficient (Wildman–Crippen LogP) is 4.55. The van der Waals surface area contributed by atoms with Crippen molar-refractivity contribution < 1.29 is 14.6 Å². The van der Waals surface area contributed by atoms with Crippen molar-refractivity contribution in [1.29, 1.82) is 0 Å². The lowest BCUT2D eigenvalue weighted by molar-refractivity contribution is -0.130. The van der Waals surface area contributed by atoms with Crippen LogP contribution in [0.1, 0.15) is 31.2 Å². The van der Waals surface area contributed by atoms with E-state index in [9.17, 15) is 9.90 Å². The molecule has 3 nitrogen and oxygen atoms in total. The summed E-state index contributed by atoms with van der Waals surface area (Å²) in [6.45, 7) is 5.96. The Morgan fingerprint density at radius 2 is 1.86 bits per heavy atom. The average molecular weight is 302 g/mol. The van der Waals surface area contributed by atoms with Crippen molar-refractivity contribution in [3.05, 3.63) is 52.2 Å². The van der Waals surface area contributed by atoms with E-state index >= 15 is 0 Å². The zero-order valence-corrected chi connectivity index (χ0v) is 13.1. The van der Waals surface area contributed by atoms with Crippen LogP contribution in [0.2, 0.25) is 0 Å². The van der Waals surface area contributed by atoms with Crippen molar-refractivity contribution in [3.63, 3.8) is 0 Å². The van der Waals surface area contributed by atoms with Crippen molar-refractivity contribution in [1.82, 2.24) is 0 Å². The van der Waals surface area contributed by atoms with E-state index in [2.05, 4.69) is 0 Å². The first kappa shape index (κ1) is 15.3. The van der Waals surface area contributed by atoms with Gasteiger partial charge in [-0.15, -0.1) is 11.3 Å². The van der Waals surface area contributed by atoms with Gasteiger partial charge in [-0.05, 0) is 56.0 Å². The van der Waals surface area contributed by atoms with Gasteiger partial charge < -0.3 is 9.84 Å². The van der Waals surface area contributed by atoms with Crippen LogP contribution in [0.4, 0.5) is 0 Å². The Morgan fingerprint density at radius 3 is 2.33 bits per heavy atom. The SMILES string of the molecule is CC(C)(C)Oc1ccc(/C=C(\C(=O)O)c2cccs2)cc1. The summed E-state index contributed by atoms with van der Waals surface area (Å²) >= 11 is 1.42. The molecule has 0 spiro atoms. The van der Waals surface area contributed by atoms with E-state index in [-0.39, 0.29) is 5.60 Å². The number of carbonyl (C=O) groups is 1. The molecule has 0 atom stereocenters. The van der Waals surface area contributed by atoms with Gasteiger partial charge in [0.05, 0.1) is 5.57 Å². The Morgan fingerprint density at radius 1 is 1.19 bits per heavy atom. The van der Waals surface area contributed by atoms with E-state index in [0.717, 1.165) is 16.2 Å². The van der Waals surface area contributed by atoms with E-state index in [1.54, 1.807) is 6.08 Å². The zero-order valence-electron chi connectivity index (χ0n) is 12.3. The largest absolute Gasteiger partial charge is 0.488 e. The third-order valence-electron chi connectivity index (χ3n) is 2.63. The lowest BCUT2D eigenvalue weighted by Crippen LogP contribution is -2.22. The highest BCUT2D eigenvalue weighted by Gasteiger charge is 2.13. The van der Waals surface area contributed by atoms with Gasteiger partial charge in [-0.1, -0.05) is 18.2 Å². The third kappa shape index (κ3) is 4.46. The number of aliphatic carboxylic acids is 1. The molecular formula is C17H18O3S. The molecule has 1 aromatic carbocycles. The van der Waals surface area contributed by atoms with Crippen molar-refractivity contribution in [2.45, 2.75) is 26.4 Å². The van der Waals surface area contributed by atoms with Gasteiger partial charge in [0, 0.05) is 4.88 Å². The second-order valence-electron chi connectivity index (χ2n) is 5.62. The Balaban J connectivity index is 2.25. The van der Waals surface area contributed by atoms with E-state index < -0.39 is 5.97 Å². The number of rotatable bonds is 4. The second-order valence-corrected chi connectivity index (χ2v) is 6.57. The number of ether oxygens (including phenoxy) is 1. The standard InChI is InChI=1S/C17H18O3S/c1-17(2,3)20-13-8-6-12(7-9-13)11-14(16(18)19)15-5-4-10-21-15/h4-11H,1-3H3,(H,18,19)/b14-11-. The fraction of sp³-hybridized carbons (Fsp3) is 0.235. The maximum absolute atomic E-state index is 11.4. The van der Waals surface area contributed by atoms with E-state index in [0.29, 0.717) is 5.57 Å². The molecular weight excluding hydrogens is 284 g/mol. The van der Waals surface area contributed by atoms with Gasteiger partial charge in [0.15, 0.2) is 0 Å². The number of carboxylic acids is 1. The summed E-state index contributed by atoms with van der Waals surface area (Å²) in [6.07, 6.45) is 1.68. The minimum Gasteiger partial charge on any atom is -0.488 e. The van der Waals surface area contributed by atoms with Gasteiger partial charge in [-0.25, -0.2) is 4.79 Å². The zero-order chi connectivity index (χ0) is 15.5. The van der Waals surface area contributed by atoms with Crippen molar-refractivity contribution >= 4 is 29.0 Å². The quantitative estimate of drug-likeness (QED) is 0.843. The molecule has 0 aliphatic rings. The number of benzene rings is 1. The number of carboxylic acid groups (broad SMARTS) is 1. The number of hydrogen-bond acceptors (Lipinski definition) is 3. The first-order valence-electron chi connectivity index (χ1n) is 6.63. The molecule has 0 aliphatic heterocycles. The fourth-order valence-corrected chi connectivity index (χ4v) is 2.56. The fourth-order valence-electron chi connectivity index (χ4n) is 1.82. The average Bonchev–Trinajstić information content (AvgIpc) is 2.89. The minimum atomic E-state index is -0.924. The lowest BCUT2D eigenvalue weighted by Gasteiger charge is -2.21. The number of hydrogen-bond donors (Lipinski definition) is 1. The van der Waals surface area contributed by atoms with Gasteiger partial charge >= 0.3 is 5.97 Å². The molecule has 110 valence electrons. The summed E-state index contributed by atoms with van der Waals surface area (Å²) in [7, 11) is 0. The topological polar surface area (TPSA) is 46.5 Å². The van der Waals surface area contributed by atoms with Crippen LogP contribution in [0.5, 0.6) is 5.75 Å². The van der Waals surface area contributed by atoms with Gasteiger partial charge in [-0.3, -0.25) is 0 Å². The van der Waals surface area contributed by atoms with Gasteiger partial charge in [0.2, 0.25) is 0 Å². The van der Waals surface area contributed by atoms with Crippen LogP contribution < -0.4 is 4.74 Å². The molecule has 0 amide bonds. The van der Waals surface area contributed by atoms with Gasteiger partial charge in [-0.2, -0.15) is 0 Å². The van der Waals surface area contributed by atoms with E-state index in [1.807, 2.05) is 62.5 Å². The van der Waals surface area contributed by atoms with Crippen LogP contribution in [0.15, 0.2) is 41.8 Å². The third-order valence-corrected chi connectivity index (χ3v) is 3.54. The highest BCUT2D eigenvalue weighted by Crippen LogP contribution is 2.25. The smallest absolute Gasteiger partial charge is 0.337 e. The van der Waals surface area contributed by atoms with E-state index in [1.165, 1.54) is 11.3 Å². The Bertz CT molecular complexity index is 632. The molecule has 0 unspecified atom stereocenters. The van der Waals surface area contributed by atoms with Gasteiger partial charge in [0.25, 0.3) is 0 Å². The predicted molar refractivity (Wildman–Crippen MR) is 86.6 cm³/mol. The molecule has 0 radical (unpaired) electrons.